The third-order valence-corrected chi connectivity index (χ3v) is 3.37. The van der Waals surface area contributed by atoms with Crippen LogP contribution < -0.4 is 0 Å². The fourth-order valence-corrected chi connectivity index (χ4v) is 1.98. The summed E-state index contributed by atoms with van der Waals surface area (Å²) >= 11 is 0. The normalized spacial score (nSPS) is 33.2. The second-order valence-corrected chi connectivity index (χ2v) is 4.60. The predicted octanol–water partition coefficient (Wildman–Crippen LogP) is -0.333. The molecule has 1 rings (SSSR count). The van der Waals surface area contributed by atoms with Crippen molar-refractivity contribution in [1.82, 2.24) is 0 Å². The van der Waals surface area contributed by atoms with Gasteiger partial charge in [0.05, 0.1) is 0 Å². The fraction of sp³-hybridized carbons (Fsp3) is 0.833. The monoisotopic (exact) mass is 194 g/mol. The third-order valence-electron chi connectivity index (χ3n) is 1.69. The van der Waals surface area contributed by atoms with Crippen LogP contribution in [0.4, 0.5) is 0 Å². The Morgan fingerprint density at radius 2 is 2.17 bits per heavy atom. The van der Waals surface area contributed by atoms with E-state index in [1.54, 1.807) is 0 Å². The van der Waals surface area contributed by atoms with Crippen LogP contribution in [-0.4, -0.2) is 32.3 Å². The third kappa shape index (κ3) is 1.75. The number of rotatable bonds is 1. The molecule has 6 heteroatoms. The van der Waals surface area contributed by atoms with E-state index < -0.39 is 27.4 Å². The van der Waals surface area contributed by atoms with Crippen molar-refractivity contribution in [3.8, 4) is 0 Å². The summed E-state index contributed by atoms with van der Waals surface area (Å²) in [6.45, 7) is 2.62. The first-order valence-electron chi connectivity index (χ1n) is 3.49. The van der Waals surface area contributed by atoms with Crippen LogP contribution in [0.1, 0.15) is 13.8 Å². The summed E-state index contributed by atoms with van der Waals surface area (Å²) in [6.07, 6.45) is -0.660. The molecule has 0 N–H and O–H groups in total. The van der Waals surface area contributed by atoms with Crippen molar-refractivity contribution in [1.29, 1.82) is 0 Å². The van der Waals surface area contributed by atoms with Gasteiger partial charge in [-0.25, -0.2) is 0 Å². The molecule has 0 bridgehead atoms. The van der Waals surface area contributed by atoms with Crippen molar-refractivity contribution < 1.29 is 22.1 Å². The van der Waals surface area contributed by atoms with Crippen LogP contribution in [-0.2, 0) is 23.8 Å². The summed E-state index contributed by atoms with van der Waals surface area (Å²) in [7, 11) is -3.50. The van der Waals surface area contributed by atoms with E-state index in [-0.39, 0.29) is 6.61 Å². The van der Waals surface area contributed by atoms with Crippen molar-refractivity contribution in [2.45, 2.75) is 25.2 Å². The first-order chi connectivity index (χ1) is 5.43. The largest absolute Gasteiger partial charge is 0.459 e. The quantitative estimate of drug-likeness (QED) is 0.422. The van der Waals surface area contributed by atoms with E-state index in [1.165, 1.54) is 13.8 Å². The summed E-state index contributed by atoms with van der Waals surface area (Å²) in [5.41, 5.74) is 0. The van der Waals surface area contributed by atoms with E-state index in [4.69, 9.17) is 4.74 Å². The van der Waals surface area contributed by atoms with Gasteiger partial charge in [-0.3, -0.25) is 8.98 Å². The Kier molecular flexibility index (Phi) is 2.39. The molecule has 0 spiro atoms. The minimum absolute atomic E-state index is 0.0664. The number of esters is 1. The van der Waals surface area contributed by atoms with Gasteiger partial charge in [-0.15, -0.1) is 0 Å². The van der Waals surface area contributed by atoms with Crippen molar-refractivity contribution >= 4 is 16.1 Å². The molecule has 12 heavy (non-hydrogen) atoms. The molecular formula is C6H10O5S. The summed E-state index contributed by atoms with van der Waals surface area (Å²) < 4.78 is 31.1. The zero-order valence-corrected chi connectivity index (χ0v) is 7.63. The van der Waals surface area contributed by atoms with Crippen molar-refractivity contribution in [3.05, 3.63) is 0 Å². The van der Waals surface area contributed by atoms with Gasteiger partial charge >= 0.3 is 5.97 Å². The summed E-state index contributed by atoms with van der Waals surface area (Å²) in [5, 5.41) is -0.763. The zero-order chi connectivity index (χ0) is 9.35. The maximum Gasteiger partial charge on any atom is 0.303 e. The van der Waals surface area contributed by atoms with Gasteiger partial charge in [0.15, 0.2) is 0 Å². The van der Waals surface area contributed by atoms with Gasteiger partial charge in [-0.1, -0.05) is 0 Å². The van der Waals surface area contributed by atoms with Crippen LogP contribution in [0.15, 0.2) is 0 Å². The lowest BCUT2D eigenvalue weighted by atomic mass is 10.3. The lowest BCUT2D eigenvalue weighted by Crippen LogP contribution is -2.28. The van der Waals surface area contributed by atoms with E-state index in [0.717, 1.165) is 0 Å². The number of hydrogen-bond acceptors (Lipinski definition) is 5. The van der Waals surface area contributed by atoms with E-state index in [9.17, 15) is 13.2 Å². The Labute approximate surface area is 70.8 Å². The van der Waals surface area contributed by atoms with Crippen LogP contribution in [0, 0.1) is 0 Å². The molecule has 1 heterocycles. The van der Waals surface area contributed by atoms with Gasteiger partial charge in [0.2, 0.25) is 0 Å². The van der Waals surface area contributed by atoms with Crippen molar-refractivity contribution in [2.75, 3.05) is 6.61 Å². The smallest absolute Gasteiger partial charge is 0.303 e. The fourth-order valence-electron chi connectivity index (χ4n) is 0.934. The van der Waals surface area contributed by atoms with Crippen molar-refractivity contribution in [2.24, 2.45) is 0 Å². The summed E-state index contributed by atoms with van der Waals surface area (Å²) in [4.78, 5) is 10.5. The molecule has 5 nitrogen and oxygen atoms in total. The van der Waals surface area contributed by atoms with Gasteiger partial charge < -0.3 is 4.74 Å². The Morgan fingerprint density at radius 1 is 1.58 bits per heavy atom. The Hall–Kier alpha value is -0.620. The predicted molar refractivity (Wildman–Crippen MR) is 39.9 cm³/mol. The van der Waals surface area contributed by atoms with Crippen molar-refractivity contribution in [3.63, 3.8) is 0 Å². The molecule has 70 valence electrons. The van der Waals surface area contributed by atoms with E-state index in [1.807, 2.05) is 0 Å². The molecule has 0 aromatic heterocycles. The Balaban J connectivity index is 2.68. The molecule has 1 fully saturated rings. The van der Waals surface area contributed by atoms with E-state index >= 15 is 0 Å². The highest BCUT2D eigenvalue weighted by Gasteiger charge is 2.40. The van der Waals surface area contributed by atoms with Gasteiger partial charge in [-0.2, -0.15) is 8.42 Å². The Morgan fingerprint density at radius 3 is 2.50 bits per heavy atom. The highest BCUT2D eigenvalue weighted by atomic mass is 32.2. The first-order valence-corrected chi connectivity index (χ1v) is 4.96. The average molecular weight is 194 g/mol. The van der Waals surface area contributed by atoms with Crippen LogP contribution in [0.2, 0.25) is 0 Å². The molecule has 0 aliphatic carbocycles. The van der Waals surface area contributed by atoms with E-state index in [0.29, 0.717) is 0 Å². The van der Waals surface area contributed by atoms with E-state index in [2.05, 4.69) is 4.18 Å². The zero-order valence-electron chi connectivity index (χ0n) is 6.81. The molecule has 1 saturated heterocycles. The molecule has 1 aliphatic heterocycles. The summed E-state index contributed by atoms with van der Waals surface area (Å²) in [5.74, 6) is -0.493. The molecule has 0 aromatic carbocycles. The lowest BCUT2D eigenvalue weighted by Gasteiger charge is -2.10. The molecule has 0 saturated carbocycles. The molecule has 0 aromatic rings. The van der Waals surface area contributed by atoms with Gasteiger partial charge in [0.25, 0.3) is 10.1 Å². The molecule has 0 amide bonds. The Bertz CT molecular complexity index is 280. The minimum Gasteiger partial charge on any atom is -0.459 e. The summed E-state index contributed by atoms with van der Waals surface area (Å²) in [6, 6.07) is 0. The van der Waals surface area contributed by atoms with Gasteiger partial charge in [-0.05, 0) is 6.92 Å². The minimum atomic E-state index is -3.50. The maximum atomic E-state index is 10.9. The van der Waals surface area contributed by atoms with Crippen LogP contribution in [0.5, 0.6) is 0 Å². The lowest BCUT2D eigenvalue weighted by molar-refractivity contribution is -0.146. The SMILES string of the molecule is CC(=O)OC1COS(=O)(=O)C1C. The highest BCUT2D eigenvalue weighted by molar-refractivity contribution is 7.87. The van der Waals surface area contributed by atoms with Crippen LogP contribution in [0.3, 0.4) is 0 Å². The number of ether oxygens (including phenoxy) is 1. The molecule has 0 radical (unpaired) electrons. The standard InChI is InChI=1S/C6H10O5S/c1-4-6(11-5(2)7)3-10-12(4,8)9/h4,6H,3H2,1-2H3. The number of carbonyl (C=O) groups is 1. The first kappa shape index (κ1) is 9.47. The second kappa shape index (κ2) is 3.02. The van der Waals surface area contributed by atoms with Gasteiger partial charge in [0.1, 0.15) is 18.0 Å². The molecular weight excluding hydrogens is 184 g/mol. The maximum absolute atomic E-state index is 10.9. The number of carbonyl (C=O) groups excluding carboxylic acids is 1. The molecule has 1 aliphatic rings. The average Bonchev–Trinajstić information content (AvgIpc) is 2.15. The van der Waals surface area contributed by atoms with Crippen LogP contribution >= 0.6 is 0 Å². The molecule has 2 atom stereocenters. The van der Waals surface area contributed by atoms with Gasteiger partial charge in [0, 0.05) is 6.92 Å². The number of hydrogen-bond donors (Lipinski definition) is 0. The second-order valence-electron chi connectivity index (χ2n) is 2.63. The van der Waals surface area contributed by atoms with Crippen LogP contribution in [0.25, 0.3) is 0 Å². The topological polar surface area (TPSA) is 69.7 Å². The molecule has 2 unspecified atom stereocenters. The highest BCUT2D eigenvalue weighted by Crippen LogP contribution is 2.20.